The molecule has 0 fully saturated rings. The van der Waals surface area contributed by atoms with Crippen LogP contribution in [-0.2, 0) is 5.41 Å². The highest BCUT2D eigenvalue weighted by Gasteiger charge is 2.46. The molecule has 654 valence electrons. The summed E-state index contributed by atoms with van der Waals surface area (Å²) in [5, 5.41) is 12.5. The van der Waals surface area contributed by atoms with E-state index in [4.69, 9.17) is 0 Å². The predicted molar refractivity (Wildman–Crippen MR) is 589 cm³/mol. The second kappa shape index (κ2) is 37.0. The van der Waals surface area contributed by atoms with Crippen LogP contribution in [-0.4, -0.2) is 0 Å². The molecule has 0 saturated carbocycles. The van der Waals surface area contributed by atoms with Crippen molar-refractivity contribution in [2.45, 2.75) is 5.41 Å². The number of para-hydroxylation sites is 5. The number of rotatable bonds is 20. The Morgan fingerprint density at radius 3 is 0.669 bits per heavy atom. The zero-order valence-electron chi connectivity index (χ0n) is 76.6. The molecule has 0 bridgehead atoms. The highest BCUT2D eigenvalue weighted by molar-refractivity contribution is 6.24. The molecule has 0 aromatic heterocycles. The minimum Gasteiger partial charge on any atom is -0.311 e. The lowest BCUT2D eigenvalue weighted by molar-refractivity contribution is 0.768. The molecule has 24 aromatic carbocycles. The van der Waals surface area contributed by atoms with Gasteiger partial charge in [-0.1, -0.05) is 425 Å². The van der Waals surface area contributed by atoms with Crippen molar-refractivity contribution in [3.8, 4) is 77.9 Å². The van der Waals surface area contributed by atoms with Crippen LogP contribution in [0.5, 0.6) is 0 Å². The maximum atomic E-state index is 2.46. The molecule has 139 heavy (non-hydrogen) atoms. The first-order valence-electron chi connectivity index (χ1n) is 47.8. The SMILES string of the molecule is c1ccc(-c2c3ccccc3c(-c3ccc(N(c4ccc(-c5ccc(N(c6ccccc6)c6ccccc6)cc5)cc4)c4ccc5c(c4)C(c4ccccc4)(c4ccccc4)c4ccccc4-5)cc3)c3ccccc23)cc1.c1ccc(N(c2ccccc2)c2ccc(-c3ccc(N(c4ccccc4)c4ccc(-c5c6ccccc6c(-c6cccc7ccccc67)c6ccccc56)cc4)cc3)cc2)cc1. The number of anilines is 12. The van der Waals surface area contributed by atoms with E-state index in [1.54, 1.807) is 0 Å². The zero-order chi connectivity index (χ0) is 92.4. The van der Waals surface area contributed by atoms with Crippen molar-refractivity contribution < 1.29 is 0 Å². The number of nitrogens with zero attached hydrogens (tertiary/aromatic N) is 4. The molecule has 0 N–H and O–H groups in total. The van der Waals surface area contributed by atoms with E-state index >= 15 is 0 Å². The van der Waals surface area contributed by atoms with Gasteiger partial charge in [-0.2, -0.15) is 0 Å². The fourth-order valence-corrected chi connectivity index (χ4v) is 21.5. The lowest BCUT2D eigenvalue weighted by atomic mass is 9.67. The van der Waals surface area contributed by atoms with Crippen molar-refractivity contribution in [3.63, 3.8) is 0 Å². The molecule has 0 saturated heterocycles. The summed E-state index contributed by atoms with van der Waals surface area (Å²) >= 11 is 0. The number of hydrogen-bond donors (Lipinski definition) is 0. The minimum atomic E-state index is -0.541. The van der Waals surface area contributed by atoms with Crippen molar-refractivity contribution >= 4 is 122 Å². The summed E-state index contributed by atoms with van der Waals surface area (Å²) in [6, 6.07) is 207. The predicted octanol–water partition coefficient (Wildman–Crippen LogP) is 37.4. The molecular formula is C135H94N4. The summed E-state index contributed by atoms with van der Waals surface area (Å²) < 4.78 is 0. The molecule has 0 aliphatic heterocycles. The Hall–Kier alpha value is -18.2. The van der Waals surface area contributed by atoms with Crippen LogP contribution in [0.25, 0.3) is 132 Å². The molecule has 0 unspecified atom stereocenters. The maximum Gasteiger partial charge on any atom is 0.0714 e. The average molecular weight is 1770 g/mol. The van der Waals surface area contributed by atoms with Gasteiger partial charge < -0.3 is 19.6 Å². The van der Waals surface area contributed by atoms with Gasteiger partial charge in [-0.15, -0.1) is 0 Å². The van der Waals surface area contributed by atoms with Crippen LogP contribution in [0.3, 0.4) is 0 Å². The Kier molecular flexibility index (Phi) is 22.3. The Balaban J connectivity index is 0.000000155. The normalized spacial score (nSPS) is 11.8. The fourth-order valence-electron chi connectivity index (χ4n) is 21.5. The van der Waals surface area contributed by atoms with E-state index in [-0.39, 0.29) is 0 Å². The van der Waals surface area contributed by atoms with Crippen molar-refractivity contribution in [1.29, 1.82) is 0 Å². The lowest BCUT2D eigenvalue weighted by Crippen LogP contribution is -2.28. The lowest BCUT2D eigenvalue weighted by Gasteiger charge is -2.35. The first-order valence-corrected chi connectivity index (χ1v) is 47.8. The van der Waals surface area contributed by atoms with Gasteiger partial charge in [0.1, 0.15) is 0 Å². The minimum absolute atomic E-state index is 0.541. The third kappa shape index (κ3) is 15.6. The fraction of sp³-hybridized carbons (Fsp3) is 0.00741. The summed E-state index contributed by atoms with van der Waals surface area (Å²) in [5.41, 5.74) is 34.8. The first kappa shape index (κ1) is 83.8. The molecule has 25 rings (SSSR count). The summed E-state index contributed by atoms with van der Waals surface area (Å²) in [6.07, 6.45) is 0. The van der Waals surface area contributed by atoms with Crippen molar-refractivity contribution in [3.05, 3.63) is 592 Å². The van der Waals surface area contributed by atoms with Gasteiger partial charge in [0, 0.05) is 68.2 Å². The molecule has 1 aliphatic carbocycles. The van der Waals surface area contributed by atoms with Crippen LogP contribution in [0.1, 0.15) is 22.3 Å². The second-order valence-corrected chi connectivity index (χ2v) is 35.6. The van der Waals surface area contributed by atoms with Gasteiger partial charge in [-0.25, -0.2) is 0 Å². The third-order valence-electron chi connectivity index (χ3n) is 27.8. The van der Waals surface area contributed by atoms with Gasteiger partial charge in [0.05, 0.1) is 5.41 Å². The highest BCUT2D eigenvalue weighted by atomic mass is 15.2. The molecular weight excluding hydrogens is 1680 g/mol. The quantitative estimate of drug-likeness (QED) is 0.0705. The Morgan fingerprint density at radius 2 is 0.338 bits per heavy atom. The standard InChI is InChI=1S/C75H52N2.C60H42N2/c1-6-22-55(23-7-1)73-67-33-16-18-35-69(67)74(70-36-19-17-34-68(70)73)56-42-48-63(49-43-56)77(62-46-40-54(41-47-62)53-38-44-61(45-39-53)76(59-28-12-4-13-29-59)60-30-14-5-15-31-60)64-50-51-66-65-32-20-21-37-71(65)75(72(66)52-64,57-24-8-2-9-25-57)58-26-10-3-11-27-58;1-4-19-47(20-5-1)61(48-21-6-2-7-22-48)50-37-31-43(32-38-50)44-33-39-51(40-34-44)62(49-23-8-3-9-24-49)52-41-35-46(36-42-52)59-55-26-12-14-28-57(55)60(58-29-15-13-27-56(58)59)54-30-16-18-45-17-10-11-25-53(45)54/h1-52H;1-42H. The summed E-state index contributed by atoms with van der Waals surface area (Å²) in [6.45, 7) is 0. The molecule has 0 heterocycles. The molecule has 0 atom stereocenters. The van der Waals surface area contributed by atoms with Crippen LogP contribution in [0.2, 0.25) is 0 Å². The molecule has 0 spiro atoms. The van der Waals surface area contributed by atoms with E-state index in [0.717, 1.165) is 79.4 Å². The van der Waals surface area contributed by atoms with Crippen LogP contribution in [0, 0.1) is 0 Å². The molecule has 4 nitrogen and oxygen atoms in total. The number of benzene rings is 24. The van der Waals surface area contributed by atoms with E-state index < -0.39 is 5.41 Å². The molecule has 0 amide bonds. The summed E-state index contributed by atoms with van der Waals surface area (Å²) in [7, 11) is 0. The van der Waals surface area contributed by atoms with E-state index in [0.29, 0.717) is 0 Å². The first-order chi connectivity index (χ1) is 69.0. The van der Waals surface area contributed by atoms with Gasteiger partial charge >= 0.3 is 0 Å². The smallest absolute Gasteiger partial charge is 0.0714 e. The molecule has 4 heteroatoms. The van der Waals surface area contributed by atoms with Gasteiger partial charge in [-0.3, -0.25) is 0 Å². The molecule has 1 aliphatic rings. The average Bonchev–Trinajstić information content (AvgIpc) is 1.46. The highest BCUT2D eigenvalue weighted by Crippen LogP contribution is 2.59. The topological polar surface area (TPSA) is 13.0 Å². The van der Waals surface area contributed by atoms with Gasteiger partial charge in [0.15, 0.2) is 0 Å². The Labute approximate surface area is 811 Å². The van der Waals surface area contributed by atoms with E-state index in [1.165, 1.54) is 143 Å². The van der Waals surface area contributed by atoms with Crippen LogP contribution in [0.4, 0.5) is 68.2 Å². The van der Waals surface area contributed by atoms with Crippen LogP contribution in [0.15, 0.2) is 570 Å². The van der Waals surface area contributed by atoms with Crippen molar-refractivity contribution in [1.82, 2.24) is 0 Å². The molecule has 24 aromatic rings. The zero-order valence-corrected chi connectivity index (χ0v) is 76.6. The van der Waals surface area contributed by atoms with Gasteiger partial charge in [-0.05, 0) is 300 Å². The van der Waals surface area contributed by atoms with E-state index in [1.807, 2.05) is 0 Å². The third-order valence-corrected chi connectivity index (χ3v) is 27.8. The largest absolute Gasteiger partial charge is 0.311 e. The van der Waals surface area contributed by atoms with E-state index in [2.05, 4.69) is 590 Å². The summed E-state index contributed by atoms with van der Waals surface area (Å²) in [4.78, 5) is 9.38. The number of hydrogen-bond acceptors (Lipinski definition) is 4. The van der Waals surface area contributed by atoms with Crippen LogP contribution < -0.4 is 19.6 Å². The number of fused-ring (bicyclic) bond motifs is 8. The van der Waals surface area contributed by atoms with Crippen molar-refractivity contribution in [2.24, 2.45) is 0 Å². The van der Waals surface area contributed by atoms with E-state index in [9.17, 15) is 0 Å². The Morgan fingerprint density at radius 1 is 0.122 bits per heavy atom. The van der Waals surface area contributed by atoms with Gasteiger partial charge in [0.2, 0.25) is 0 Å². The second-order valence-electron chi connectivity index (χ2n) is 35.6. The Bertz CT molecular complexity index is 8290. The van der Waals surface area contributed by atoms with Crippen LogP contribution >= 0.6 is 0 Å². The summed E-state index contributed by atoms with van der Waals surface area (Å²) in [5.74, 6) is 0. The van der Waals surface area contributed by atoms with Crippen molar-refractivity contribution in [2.75, 3.05) is 19.6 Å². The monoisotopic (exact) mass is 1770 g/mol. The van der Waals surface area contributed by atoms with Gasteiger partial charge in [0.25, 0.3) is 0 Å². The maximum absolute atomic E-state index is 2.46. The molecule has 0 radical (unpaired) electrons.